The van der Waals surface area contributed by atoms with Gasteiger partial charge in [0, 0.05) is 11.0 Å². The molecular weight excluding hydrogens is 388 g/mol. The average molecular weight is 411 g/mol. The molecule has 0 aromatic heterocycles. The number of phenolic OH excluding ortho intramolecular Hbond substituents is 2. The Morgan fingerprint density at radius 3 is 1.56 bits per heavy atom. The van der Waals surface area contributed by atoms with Gasteiger partial charge in [-0.1, -0.05) is 0 Å². The molecule has 1 aliphatic heterocycles. The molecule has 1 fully saturated rings. The third-order valence-electron chi connectivity index (χ3n) is 4.34. The predicted molar refractivity (Wildman–Crippen MR) is 108 cm³/mol. The van der Waals surface area contributed by atoms with Gasteiger partial charge in [-0.3, -0.25) is 0 Å². The number of thioether (sulfide) groups is 2. The van der Waals surface area contributed by atoms with Crippen LogP contribution >= 0.6 is 23.5 Å². The molecule has 6 nitrogen and oxygen atoms in total. The summed E-state index contributed by atoms with van der Waals surface area (Å²) in [5.74, 6) is 2.46. The van der Waals surface area contributed by atoms with E-state index in [0.717, 1.165) is 16.9 Å². The molecule has 2 atom stereocenters. The van der Waals surface area contributed by atoms with E-state index in [2.05, 4.69) is 0 Å². The maximum absolute atomic E-state index is 10.1. The molecule has 146 valence electrons. The van der Waals surface area contributed by atoms with Crippen molar-refractivity contribution in [3.8, 4) is 34.5 Å². The normalized spacial score (nSPS) is 19.0. The molecule has 3 rings (SSSR count). The highest BCUT2D eigenvalue weighted by Gasteiger charge is 2.31. The minimum absolute atomic E-state index is 0.00121. The fraction of sp³-hybridized carbons (Fsp3) is 0.368. The Morgan fingerprint density at radius 2 is 1.15 bits per heavy atom. The molecule has 0 radical (unpaired) electrons. The number of phenols is 2. The first-order chi connectivity index (χ1) is 13.0. The summed E-state index contributed by atoms with van der Waals surface area (Å²) in [5.41, 5.74) is 2.04. The van der Waals surface area contributed by atoms with E-state index in [4.69, 9.17) is 18.9 Å². The van der Waals surface area contributed by atoms with E-state index in [0.29, 0.717) is 23.0 Å². The molecule has 0 bridgehead atoms. The zero-order chi connectivity index (χ0) is 19.6. The van der Waals surface area contributed by atoms with E-state index in [1.54, 1.807) is 23.5 Å². The summed E-state index contributed by atoms with van der Waals surface area (Å²) in [7, 11) is 6.08. The molecule has 1 aliphatic rings. The van der Waals surface area contributed by atoms with Gasteiger partial charge >= 0.3 is 0 Å². The van der Waals surface area contributed by atoms with Gasteiger partial charge in [0.1, 0.15) is 0 Å². The lowest BCUT2D eigenvalue weighted by atomic mass is 10.1. The average Bonchev–Trinajstić information content (AvgIpc) is 3.18. The second-order valence-corrected chi connectivity index (χ2v) is 8.59. The van der Waals surface area contributed by atoms with E-state index in [1.165, 1.54) is 28.4 Å². The van der Waals surface area contributed by atoms with E-state index in [-0.39, 0.29) is 21.3 Å². The van der Waals surface area contributed by atoms with E-state index in [1.807, 2.05) is 24.3 Å². The molecule has 0 unspecified atom stereocenters. The third kappa shape index (κ3) is 3.82. The Kier molecular flexibility index (Phi) is 6.06. The SMILES string of the molecule is COc1cc([C@H]2SC[C@H](c3cc(OC)c(O)c(OC)c3)S2)cc(OC)c1O. The molecule has 0 saturated carbocycles. The van der Waals surface area contributed by atoms with Gasteiger partial charge in [0.2, 0.25) is 11.5 Å². The van der Waals surface area contributed by atoms with Crippen LogP contribution in [0, 0.1) is 0 Å². The summed E-state index contributed by atoms with van der Waals surface area (Å²) in [6, 6.07) is 7.36. The fourth-order valence-electron chi connectivity index (χ4n) is 2.90. The Balaban J connectivity index is 1.88. The second kappa shape index (κ2) is 8.31. The number of rotatable bonds is 6. The number of methoxy groups -OCH3 is 4. The summed E-state index contributed by atoms with van der Waals surface area (Å²) in [6.45, 7) is 0. The highest BCUT2D eigenvalue weighted by Crippen LogP contribution is 2.58. The van der Waals surface area contributed by atoms with E-state index < -0.39 is 0 Å². The first kappa shape index (κ1) is 19.7. The number of benzene rings is 2. The summed E-state index contributed by atoms with van der Waals surface area (Å²) >= 11 is 3.58. The quantitative estimate of drug-likeness (QED) is 0.728. The van der Waals surface area contributed by atoms with Crippen molar-refractivity contribution >= 4 is 23.5 Å². The molecule has 0 amide bonds. The van der Waals surface area contributed by atoms with Crippen molar-refractivity contribution < 1.29 is 29.2 Å². The van der Waals surface area contributed by atoms with Gasteiger partial charge < -0.3 is 29.2 Å². The van der Waals surface area contributed by atoms with Crippen LogP contribution in [0.5, 0.6) is 34.5 Å². The van der Waals surface area contributed by atoms with Crippen molar-refractivity contribution in [1.82, 2.24) is 0 Å². The van der Waals surface area contributed by atoms with E-state index in [9.17, 15) is 10.2 Å². The molecule has 27 heavy (non-hydrogen) atoms. The van der Waals surface area contributed by atoms with Crippen LogP contribution in [0.2, 0.25) is 0 Å². The first-order valence-electron chi connectivity index (χ1n) is 8.19. The van der Waals surface area contributed by atoms with Gasteiger partial charge in [-0.05, 0) is 35.4 Å². The largest absolute Gasteiger partial charge is 0.502 e. The van der Waals surface area contributed by atoms with Gasteiger partial charge in [-0.2, -0.15) is 0 Å². The van der Waals surface area contributed by atoms with Crippen molar-refractivity contribution in [2.45, 2.75) is 9.83 Å². The Bertz CT molecular complexity index is 708. The minimum atomic E-state index is 0.00121. The van der Waals surface area contributed by atoms with Crippen LogP contribution < -0.4 is 18.9 Å². The highest BCUT2D eigenvalue weighted by molar-refractivity contribution is 8.19. The summed E-state index contributed by atoms with van der Waals surface area (Å²) < 4.78 is 21.2. The van der Waals surface area contributed by atoms with Gasteiger partial charge in [-0.15, -0.1) is 23.5 Å². The number of hydrogen-bond donors (Lipinski definition) is 2. The monoisotopic (exact) mass is 410 g/mol. The van der Waals surface area contributed by atoms with Crippen LogP contribution in [0.3, 0.4) is 0 Å². The maximum atomic E-state index is 10.1. The van der Waals surface area contributed by atoms with Gasteiger partial charge in [0.15, 0.2) is 23.0 Å². The highest BCUT2D eigenvalue weighted by atomic mass is 32.2. The summed E-state index contributed by atoms with van der Waals surface area (Å²) in [5, 5.41) is 20.4. The van der Waals surface area contributed by atoms with Gasteiger partial charge in [0.25, 0.3) is 0 Å². The van der Waals surface area contributed by atoms with Crippen molar-refractivity contribution in [2.24, 2.45) is 0 Å². The lowest BCUT2D eigenvalue weighted by Gasteiger charge is -2.16. The lowest BCUT2D eigenvalue weighted by Crippen LogP contribution is -1.97. The van der Waals surface area contributed by atoms with Crippen molar-refractivity contribution in [1.29, 1.82) is 0 Å². The molecule has 1 heterocycles. The predicted octanol–water partition coefficient (Wildman–Crippen LogP) is 4.35. The Labute approximate surface area is 166 Å². The molecule has 0 spiro atoms. The Hall–Kier alpha value is -2.06. The van der Waals surface area contributed by atoms with Crippen molar-refractivity contribution in [3.05, 3.63) is 35.4 Å². The van der Waals surface area contributed by atoms with Crippen LogP contribution in [0.25, 0.3) is 0 Å². The summed E-state index contributed by atoms with van der Waals surface area (Å²) in [4.78, 5) is 0. The van der Waals surface area contributed by atoms with Gasteiger partial charge in [-0.25, -0.2) is 0 Å². The smallest absolute Gasteiger partial charge is 0.200 e. The van der Waals surface area contributed by atoms with Crippen LogP contribution in [0.15, 0.2) is 24.3 Å². The van der Waals surface area contributed by atoms with Gasteiger partial charge in [0.05, 0.1) is 33.0 Å². The van der Waals surface area contributed by atoms with Crippen LogP contribution in [0.1, 0.15) is 21.0 Å². The Morgan fingerprint density at radius 1 is 0.741 bits per heavy atom. The summed E-state index contributed by atoms with van der Waals surface area (Å²) in [6.07, 6.45) is 0. The molecular formula is C19H22O6S2. The topological polar surface area (TPSA) is 77.4 Å². The van der Waals surface area contributed by atoms with Crippen molar-refractivity contribution in [3.63, 3.8) is 0 Å². The minimum Gasteiger partial charge on any atom is -0.502 e. The lowest BCUT2D eigenvalue weighted by molar-refractivity contribution is 0.339. The molecule has 2 N–H and O–H groups in total. The number of hydrogen-bond acceptors (Lipinski definition) is 8. The van der Waals surface area contributed by atoms with Crippen LogP contribution in [-0.4, -0.2) is 44.4 Å². The zero-order valence-corrected chi connectivity index (χ0v) is 17.1. The second-order valence-electron chi connectivity index (χ2n) is 5.84. The van der Waals surface area contributed by atoms with Crippen molar-refractivity contribution in [2.75, 3.05) is 34.2 Å². The molecule has 1 saturated heterocycles. The molecule has 2 aromatic rings. The van der Waals surface area contributed by atoms with Crippen LogP contribution in [0.4, 0.5) is 0 Å². The zero-order valence-electron chi connectivity index (χ0n) is 15.5. The first-order valence-corrected chi connectivity index (χ1v) is 10.2. The standard InChI is InChI=1S/C19H22O6S2/c1-22-12-5-10(6-13(23-2)17(12)20)16-9-26-19(27-16)11-7-14(24-3)18(21)15(8-11)25-4/h5-8,16,19-21H,9H2,1-4H3/t16-,19+/m1/s1. The fourth-order valence-corrected chi connectivity index (χ4v) is 6.16. The third-order valence-corrected chi connectivity index (χ3v) is 7.68. The molecule has 8 heteroatoms. The number of aromatic hydroxyl groups is 2. The maximum Gasteiger partial charge on any atom is 0.200 e. The van der Waals surface area contributed by atoms with E-state index >= 15 is 0 Å². The van der Waals surface area contributed by atoms with Crippen LogP contribution in [-0.2, 0) is 0 Å². The molecule has 2 aromatic carbocycles. The molecule has 0 aliphatic carbocycles. The number of ether oxygens (including phenoxy) is 4.